The highest BCUT2D eigenvalue weighted by Crippen LogP contribution is 2.22. The predicted molar refractivity (Wildman–Crippen MR) is 96.3 cm³/mol. The van der Waals surface area contributed by atoms with Gasteiger partial charge < -0.3 is 10.6 Å². The fourth-order valence-electron chi connectivity index (χ4n) is 2.09. The second kappa shape index (κ2) is 8.98. The topological polar surface area (TPSA) is 82.6 Å². The van der Waals surface area contributed by atoms with E-state index >= 15 is 0 Å². The molecule has 0 aliphatic carbocycles. The largest absolute Gasteiger partial charge is 0.356 e. The Bertz CT molecular complexity index is 660. The molecule has 0 radical (unpaired) electrons. The highest BCUT2D eigenvalue weighted by molar-refractivity contribution is 7.88. The summed E-state index contributed by atoms with van der Waals surface area (Å²) in [4.78, 5) is 4.13. The Kier molecular flexibility index (Phi) is 7.62. The molecule has 6 nitrogen and oxygen atoms in total. The van der Waals surface area contributed by atoms with E-state index in [1.165, 1.54) is 12.1 Å². The van der Waals surface area contributed by atoms with Crippen LogP contribution >= 0.6 is 0 Å². The molecule has 0 atom stereocenters. The lowest BCUT2D eigenvalue weighted by atomic mass is 9.84. The fraction of sp³-hybridized carbons (Fsp3) is 0.562. The van der Waals surface area contributed by atoms with Crippen molar-refractivity contribution in [1.82, 2.24) is 15.4 Å². The molecule has 0 amide bonds. The molecular weight excluding hydrogens is 331 g/mol. The maximum atomic E-state index is 13.4. The normalized spacial score (nSPS) is 13.0. The van der Waals surface area contributed by atoms with Crippen molar-refractivity contribution in [1.29, 1.82) is 0 Å². The van der Waals surface area contributed by atoms with Gasteiger partial charge in [0.1, 0.15) is 5.82 Å². The molecular formula is C16H27FN4O2S. The third-order valence-electron chi connectivity index (χ3n) is 3.54. The molecule has 1 rings (SSSR count). The Morgan fingerprint density at radius 3 is 2.54 bits per heavy atom. The van der Waals surface area contributed by atoms with Gasteiger partial charge in [0.15, 0.2) is 5.96 Å². The summed E-state index contributed by atoms with van der Waals surface area (Å²) in [6.45, 7) is 5.59. The molecule has 1 aromatic carbocycles. The van der Waals surface area contributed by atoms with Crippen molar-refractivity contribution >= 4 is 16.0 Å². The molecule has 0 aromatic heterocycles. The first-order valence-electron chi connectivity index (χ1n) is 7.79. The van der Waals surface area contributed by atoms with Crippen LogP contribution in [0.5, 0.6) is 0 Å². The van der Waals surface area contributed by atoms with Gasteiger partial charge in [-0.1, -0.05) is 26.0 Å². The summed E-state index contributed by atoms with van der Waals surface area (Å²) in [6, 6.07) is 6.57. The fourth-order valence-corrected chi connectivity index (χ4v) is 2.60. The van der Waals surface area contributed by atoms with E-state index in [-0.39, 0.29) is 11.2 Å². The lowest BCUT2D eigenvalue weighted by Gasteiger charge is -2.26. The number of hydrogen-bond donors (Lipinski definition) is 3. The lowest BCUT2D eigenvalue weighted by Crippen LogP contribution is -2.44. The molecule has 0 aliphatic rings. The van der Waals surface area contributed by atoms with Crippen molar-refractivity contribution in [2.45, 2.75) is 25.7 Å². The summed E-state index contributed by atoms with van der Waals surface area (Å²) < 4.78 is 37.7. The van der Waals surface area contributed by atoms with Crippen LogP contribution in [0, 0.1) is 5.82 Å². The average molecular weight is 358 g/mol. The SMILES string of the molecule is CN=C(NCCCNS(C)(=O)=O)NCC(C)(C)c1cccc(F)c1. The van der Waals surface area contributed by atoms with Crippen LogP contribution in [0.4, 0.5) is 4.39 Å². The molecule has 136 valence electrons. The molecule has 1 aromatic rings. The highest BCUT2D eigenvalue weighted by Gasteiger charge is 2.21. The van der Waals surface area contributed by atoms with Crippen LogP contribution in [0.15, 0.2) is 29.3 Å². The minimum Gasteiger partial charge on any atom is -0.356 e. The van der Waals surface area contributed by atoms with Gasteiger partial charge in [0.2, 0.25) is 10.0 Å². The van der Waals surface area contributed by atoms with Crippen molar-refractivity contribution in [3.63, 3.8) is 0 Å². The minimum absolute atomic E-state index is 0.249. The van der Waals surface area contributed by atoms with Crippen LogP contribution in [0.1, 0.15) is 25.8 Å². The van der Waals surface area contributed by atoms with Crippen LogP contribution in [0.2, 0.25) is 0 Å². The van der Waals surface area contributed by atoms with Gasteiger partial charge in [-0.05, 0) is 24.1 Å². The number of nitrogens with one attached hydrogen (secondary N) is 3. The van der Waals surface area contributed by atoms with Gasteiger partial charge in [-0.2, -0.15) is 0 Å². The third kappa shape index (κ3) is 7.74. The summed E-state index contributed by atoms with van der Waals surface area (Å²) in [5, 5.41) is 6.33. The molecule has 0 bridgehead atoms. The number of guanidine groups is 1. The predicted octanol–water partition coefficient (Wildman–Crippen LogP) is 1.21. The van der Waals surface area contributed by atoms with Gasteiger partial charge in [-0.25, -0.2) is 17.5 Å². The Hall–Kier alpha value is -1.67. The Labute approximate surface area is 144 Å². The molecule has 0 saturated heterocycles. The van der Waals surface area contributed by atoms with Crippen LogP contribution in [0.3, 0.4) is 0 Å². The lowest BCUT2D eigenvalue weighted by molar-refractivity contribution is 0.503. The monoisotopic (exact) mass is 358 g/mol. The standard InChI is InChI=1S/C16H27FN4O2S/c1-16(2,13-7-5-8-14(17)11-13)12-20-15(18-3)19-9-6-10-21-24(4,22)23/h5,7-8,11,21H,6,9-10,12H2,1-4H3,(H2,18,19,20). The van der Waals surface area contributed by atoms with E-state index < -0.39 is 10.0 Å². The Morgan fingerprint density at radius 1 is 1.25 bits per heavy atom. The number of hydrogen-bond acceptors (Lipinski definition) is 3. The zero-order chi connectivity index (χ0) is 18.2. The number of halogens is 1. The smallest absolute Gasteiger partial charge is 0.208 e. The zero-order valence-electron chi connectivity index (χ0n) is 14.7. The highest BCUT2D eigenvalue weighted by atomic mass is 32.2. The van der Waals surface area contributed by atoms with Crippen LogP contribution in [0.25, 0.3) is 0 Å². The molecule has 0 spiro atoms. The summed E-state index contributed by atoms with van der Waals surface area (Å²) in [5.74, 6) is 0.375. The van der Waals surface area contributed by atoms with Gasteiger partial charge in [-0.15, -0.1) is 0 Å². The summed E-state index contributed by atoms with van der Waals surface area (Å²) >= 11 is 0. The molecule has 0 aliphatic heterocycles. The first-order valence-corrected chi connectivity index (χ1v) is 9.68. The van der Waals surface area contributed by atoms with Crippen molar-refractivity contribution in [2.75, 3.05) is 32.9 Å². The third-order valence-corrected chi connectivity index (χ3v) is 4.27. The summed E-state index contributed by atoms with van der Waals surface area (Å²) in [7, 11) is -1.48. The van der Waals surface area contributed by atoms with E-state index in [2.05, 4.69) is 20.3 Å². The summed E-state index contributed by atoms with van der Waals surface area (Å²) in [5.41, 5.74) is 0.639. The molecule has 0 fully saturated rings. The maximum Gasteiger partial charge on any atom is 0.208 e. The van der Waals surface area contributed by atoms with Gasteiger partial charge in [0, 0.05) is 32.1 Å². The molecule has 0 unspecified atom stereocenters. The van der Waals surface area contributed by atoms with E-state index in [9.17, 15) is 12.8 Å². The van der Waals surface area contributed by atoms with Crippen molar-refractivity contribution in [2.24, 2.45) is 4.99 Å². The first kappa shape index (κ1) is 20.4. The second-order valence-electron chi connectivity index (χ2n) is 6.27. The van der Waals surface area contributed by atoms with Crippen molar-refractivity contribution in [3.05, 3.63) is 35.6 Å². The molecule has 0 heterocycles. The van der Waals surface area contributed by atoms with Gasteiger partial charge in [0.05, 0.1) is 6.26 Å². The van der Waals surface area contributed by atoms with Crippen molar-refractivity contribution < 1.29 is 12.8 Å². The minimum atomic E-state index is -3.15. The summed E-state index contributed by atoms with van der Waals surface area (Å²) in [6.07, 6.45) is 1.77. The maximum absolute atomic E-state index is 13.4. The van der Waals surface area contributed by atoms with Crippen LogP contribution < -0.4 is 15.4 Å². The van der Waals surface area contributed by atoms with Crippen molar-refractivity contribution in [3.8, 4) is 0 Å². The number of benzene rings is 1. The second-order valence-corrected chi connectivity index (χ2v) is 8.10. The number of aliphatic imine (C=N–C) groups is 1. The zero-order valence-corrected chi connectivity index (χ0v) is 15.5. The van der Waals surface area contributed by atoms with E-state index in [1.807, 2.05) is 19.9 Å². The van der Waals surface area contributed by atoms with Gasteiger partial charge >= 0.3 is 0 Å². The quantitative estimate of drug-likeness (QED) is 0.371. The average Bonchev–Trinajstić information content (AvgIpc) is 2.49. The number of sulfonamides is 1. The van der Waals surface area contributed by atoms with E-state index in [0.717, 1.165) is 11.8 Å². The van der Waals surface area contributed by atoms with E-state index in [0.29, 0.717) is 32.0 Å². The van der Waals surface area contributed by atoms with Gasteiger partial charge in [0.25, 0.3) is 0 Å². The molecule has 8 heteroatoms. The van der Waals surface area contributed by atoms with Gasteiger partial charge in [-0.3, -0.25) is 4.99 Å². The van der Waals surface area contributed by atoms with Crippen LogP contribution in [-0.4, -0.2) is 47.3 Å². The first-order chi connectivity index (χ1) is 11.1. The van der Waals surface area contributed by atoms with Crippen LogP contribution in [-0.2, 0) is 15.4 Å². The molecule has 3 N–H and O–H groups in total. The number of rotatable bonds is 8. The molecule has 24 heavy (non-hydrogen) atoms. The number of nitrogens with zero attached hydrogens (tertiary/aromatic N) is 1. The molecule has 0 saturated carbocycles. The Balaban J connectivity index is 2.43. The van der Waals surface area contributed by atoms with E-state index in [4.69, 9.17) is 0 Å². The Morgan fingerprint density at radius 2 is 1.96 bits per heavy atom. The van der Waals surface area contributed by atoms with E-state index in [1.54, 1.807) is 13.1 Å².